The minimum Gasteiger partial charge on any atom is -0.326 e. The molecule has 102 valence electrons. The first-order chi connectivity index (χ1) is 8.94. The van der Waals surface area contributed by atoms with Crippen LogP contribution in [-0.2, 0) is 16.6 Å². The lowest BCUT2D eigenvalue weighted by Gasteiger charge is -2.09. The molecule has 1 aromatic heterocycles. The summed E-state index contributed by atoms with van der Waals surface area (Å²) in [7, 11) is -4.07. The minimum atomic E-state index is -4.07. The van der Waals surface area contributed by atoms with Crippen molar-refractivity contribution in [2.24, 2.45) is 5.73 Å². The van der Waals surface area contributed by atoms with Gasteiger partial charge in [-0.15, -0.1) is 10.2 Å². The molecule has 19 heavy (non-hydrogen) atoms. The van der Waals surface area contributed by atoms with Crippen LogP contribution in [0.5, 0.6) is 0 Å². The Labute approximate surface area is 121 Å². The van der Waals surface area contributed by atoms with Crippen LogP contribution in [0.4, 0.5) is 9.52 Å². The molecule has 1 heterocycles. The van der Waals surface area contributed by atoms with Gasteiger partial charge in [0.15, 0.2) is 0 Å². The van der Waals surface area contributed by atoms with Gasteiger partial charge in [0.05, 0.1) is 0 Å². The van der Waals surface area contributed by atoms with Crippen molar-refractivity contribution >= 4 is 42.4 Å². The molecule has 10 heteroatoms. The summed E-state index contributed by atoms with van der Waals surface area (Å²) in [5.41, 5.74) is 6.84. The molecule has 2 aromatic rings. The van der Waals surface area contributed by atoms with Crippen LogP contribution in [0, 0.1) is 5.82 Å². The minimum absolute atomic E-state index is 0.0636. The van der Waals surface area contributed by atoms with Crippen molar-refractivity contribution in [3.8, 4) is 0 Å². The van der Waals surface area contributed by atoms with Crippen LogP contribution in [0.15, 0.2) is 27.0 Å². The van der Waals surface area contributed by atoms with Crippen molar-refractivity contribution in [2.75, 3.05) is 4.72 Å². The summed E-state index contributed by atoms with van der Waals surface area (Å²) in [6.45, 7) is -0.105. The molecule has 0 aliphatic heterocycles. The first kappa shape index (κ1) is 14.3. The molecule has 0 aliphatic rings. The van der Waals surface area contributed by atoms with Crippen LogP contribution in [0.3, 0.4) is 0 Å². The fraction of sp³-hybridized carbons (Fsp3) is 0.111. The highest BCUT2D eigenvalue weighted by Crippen LogP contribution is 2.25. The van der Waals surface area contributed by atoms with Gasteiger partial charge in [-0.25, -0.2) is 12.8 Å². The summed E-state index contributed by atoms with van der Waals surface area (Å²) in [5.74, 6) is -0.872. The Morgan fingerprint density at radius 3 is 2.79 bits per heavy atom. The molecule has 0 aliphatic carbocycles. The van der Waals surface area contributed by atoms with Gasteiger partial charge in [0.25, 0.3) is 10.0 Å². The predicted molar refractivity (Wildman–Crippen MR) is 72.7 cm³/mol. The Balaban J connectivity index is 2.48. The lowest BCUT2D eigenvalue weighted by atomic mass is 10.2. The molecule has 2 rings (SSSR count). The Morgan fingerprint density at radius 2 is 2.21 bits per heavy atom. The molecule has 0 atom stereocenters. The summed E-state index contributed by atoms with van der Waals surface area (Å²) in [6, 6.07) is 2.59. The Hall–Kier alpha value is -1.10. The van der Waals surface area contributed by atoms with Crippen molar-refractivity contribution < 1.29 is 12.8 Å². The lowest BCUT2D eigenvalue weighted by Crippen LogP contribution is -2.16. The van der Waals surface area contributed by atoms with Crippen LogP contribution in [-0.4, -0.2) is 18.6 Å². The molecule has 0 saturated carbocycles. The number of rotatable bonds is 4. The van der Waals surface area contributed by atoms with E-state index >= 15 is 0 Å². The third-order valence-electron chi connectivity index (χ3n) is 2.17. The van der Waals surface area contributed by atoms with Crippen LogP contribution in [0.1, 0.15) is 5.56 Å². The second kappa shape index (κ2) is 5.49. The highest BCUT2D eigenvalue weighted by atomic mass is 79.9. The maximum absolute atomic E-state index is 14.0. The van der Waals surface area contributed by atoms with Gasteiger partial charge < -0.3 is 5.73 Å². The van der Waals surface area contributed by atoms with E-state index in [2.05, 4.69) is 30.8 Å². The third-order valence-corrected chi connectivity index (χ3v) is 4.70. The number of nitrogens with zero attached hydrogens (tertiary/aromatic N) is 2. The zero-order chi connectivity index (χ0) is 14.0. The summed E-state index contributed by atoms with van der Waals surface area (Å²) in [4.78, 5) is -0.488. The molecule has 0 spiro atoms. The van der Waals surface area contributed by atoms with Gasteiger partial charge in [0.2, 0.25) is 5.13 Å². The second-order valence-corrected chi connectivity index (χ2v) is 6.83. The monoisotopic (exact) mass is 366 g/mol. The molecule has 0 amide bonds. The fourth-order valence-electron chi connectivity index (χ4n) is 1.35. The lowest BCUT2D eigenvalue weighted by molar-refractivity contribution is 0.560. The SMILES string of the molecule is NCc1cc(Br)cc(S(=O)(=O)Nc2nncs2)c1F. The smallest absolute Gasteiger partial charge is 0.266 e. The Morgan fingerprint density at radius 1 is 1.47 bits per heavy atom. The quantitative estimate of drug-likeness (QED) is 0.857. The number of nitrogens with two attached hydrogens (primary N) is 1. The molecule has 0 unspecified atom stereocenters. The Bertz CT molecular complexity index is 690. The van der Waals surface area contributed by atoms with Crippen LogP contribution >= 0.6 is 27.3 Å². The summed E-state index contributed by atoms with van der Waals surface area (Å²) in [6.07, 6.45) is 0. The molecule has 3 N–H and O–H groups in total. The van der Waals surface area contributed by atoms with Gasteiger partial charge in [0.1, 0.15) is 16.2 Å². The number of halogens is 2. The largest absolute Gasteiger partial charge is 0.326 e. The van der Waals surface area contributed by atoms with E-state index in [1.165, 1.54) is 11.6 Å². The molecule has 6 nitrogen and oxygen atoms in total. The molecule has 0 bridgehead atoms. The number of nitrogens with one attached hydrogen (secondary N) is 1. The van der Waals surface area contributed by atoms with Crippen molar-refractivity contribution in [3.05, 3.63) is 33.5 Å². The van der Waals surface area contributed by atoms with Gasteiger partial charge in [-0.2, -0.15) is 0 Å². The highest BCUT2D eigenvalue weighted by Gasteiger charge is 2.23. The van der Waals surface area contributed by atoms with Gasteiger partial charge in [-0.1, -0.05) is 27.3 Å². The van der Waals surface area contributed by atoms with Gasteiger partial charge in [-0.3, -0.25) is 4.72 Å². The zero-order valence-corrected chi connectivity index (χ0v) is 12.5. The number of sulfonamides is 1. The normalized spacial score (nSPS) is 11.5. The van der Waals surface area contributed by atoms with E-state index < -0.39 is 20.7 Å². The Kier molecular flexibility index (Phi) is 4.13. The van der Waals surface area contributed by atoms with E-state index in [9.17, 15) is 12.8 Å². The van der Waals surface area contributed by atoms with E-state index in [0.717, 1.165) is 17.4 Å². The first-order valence-electron chi connectivity index (χ1n) is 4.91. The van der Waals surface area contributed by atoms with Gasteiger partial charge in [0, 0.05) is 16.6 Å². The number of hydrogen-bond acceptors (Lipinski definition) is 6. The molecule has 0 saturated heterocycles. The number of aromatic nitrogens is 2. The van der Waals surface area contributed by atoms with Crippen molar-refractivity contribution in [1.82, 2.24) is 10.2 Å². The highest BCUT2D eigenvalue weighted by molar-refractivity contribution is 9.10. The fourth-order valence-corrected chi connectivity index (χ4v) is 3.85. The van der Waals surface area contributed by atoms with Crippen molar-refractivity contribution in [2.45, 2.75) is 11.4 Å². The number of benzene rings is 1. The molecule has 0 radical (unpaired) electrons. The van der Waals surface area contributed by atoms with Crippen LogP contribution < -0.4 is 10.5 Å². The third kappa shape index (κ3) is 3.08. The second-order valence-electron chi connectivity index (χ2n) is 3.43. The van der Waals surface area contributed by atoms with Gasteiger partial charge >= 0.3 is 0 Å². The van der Waals surface area contributed by atoms with E-state index in [1.807, 2.05) is 0 Å². The maximum atomic E-state index is 14.0. The van der Waals surface area contributed by atoms with Crippen LogP contribution in [0.25, 0.3) is 0 Å². The average Bonchev–Trinajstić information content (AvgIpc) is 2.83. The summed E-state index contributed by atoms with van der Waals surface area (Å²) < 4.78 is 40.7. The number of hydrogen-bond donors (Lipinski definition) is 2. The molecular weight excluding hydrogens is 359 g/mol. The standard InChI is InChI=1S/C9H8BrFN4O2S2/c10-6-1-5(3-12)8(11)7(2-6)19(16,17)15-9-14-13-4-18-9/h1-2,4H,3,12H2,(H,14,15). The zero-order valence-electron chi connectivity index (χ0n) is 9.30. The van der Waals surface area contributed by atoms with E-state index in [0.29, 0.717) is 4.47 Å². The first-order valence-corrected chi connectivity index (χ1v) is 8.06. The topological polar surface area (TPSA) is 98.0 Å². The molecule has 1 aromatic carbocycles. The van der Waals surface area contributed by atoms with E-state index in [1.54, 1.807) is 0 Å². The predicted octanol–water partition coefficient (Wildman–Crippen LogP) is 1.70. The molecule has 0 fully saturated rings. The summed E-state index contributed by atoms with van der Waals surface area (Å²) in [5, 5.41) is 7.10. The number of anilines is 1. The average molecular weight is 367 g/mol. The summed E-state index contributed by atoms with van der Waals surface area (Å²) >= 11 is 4.11. The van der Waals surface area contributed by atoms with E-state index in [-0.39, 0.29) is 17.2 Å². The molecular formula is C9H8BrFN4O2S2. The van der Waals surface area contributed by atoms with E-state index in [4.69, 9.17) is 5.73 Å². The van der Waals surface area contributed by atoms with Crippen molar-refractivity contribution in [3.63, 3.8) is 0 Å². The van der Waals surface area contributed by atoms with Crippen molar-refractivity contribution in [1.29, 1.82) is 0 Å². The maximum Gasteiger partial charge on any atom is 0.266 e. The van der Waals surface area contributed by atoms with Crippen LogP contribution in [0.2, 0.25) is 0 Å². The van der Waals surface area contributed by atoms with Gasteiger partial charge in [-0.05, 0) is 12.1 Å².